The maximum Gasteiger partial charge on any atom is 0.243 e. The Kier molecular flexibility index (Phi) is 6.27. The average molecular weight is 417 g/mol. The van der Waals surface area contributed by atoms with Crippen LogP contribution < -0.4 is 4.90 Å². The molecule has 27 heavy (non-hydrogen) atoms. The summed E-state index contributed by atoms with van der Waals surface area (Å²) in [6.07, 6.45) is 2.76. The van der Waals surface area contributed by atoms with E-state index in [9.17, 15) is 16.8 Å². The summed E-state index contributed by atoms with van der Waals surface area (Å²) in [5.74, 6) is 0. The van der Waals surface area contributed by atoms with Crippen molar-refractivity contribution in [1.82, 2.24) is 8.61 Å². The van der Waals surface area contributed by atoms with Gasteiger partial charge in [-0.05, 0) is 51.0 Å². The zero-order chi connectivity index (χ0) is 19.7. The zero-order valence-electron chi connectivity index (χ0n) is 16.1. The second kappa shape index (κ2) is 8.16. The van der Waals surface area contributed by atoms with Crippen molar-refractivity contribution in [2.75, 3.05) is 39.3 Å². The van der Waals surface area contributed by atoms with Gasteiger partial charge in [0.1, 0.15) is 0 Å². The van der Waals surface area contributed by atoms with Gasteiger partial charge in [-0.1, -0.05) is 6.42 Å². The monoisotopic (exact) mass is 416 g/mol. The van der Waals surface area contributed by atoms with Crippen molar-refractivity contribution < 1.29 is 21.7 Å². The topological polar surface area (TPSA) is 79.2 Å². The van der Waals surface area contributed by atoms with Crippen LogP contribution in [0.3, 0.4) is 0 Å². The van der Waals surface area contributed by atoms with Crippen molar-refractivity contribution >= 4 is 20.0 Å². The van der Waals surface area contributed by atoms with Gasteiger partial charge >= 0.3 is 0 Å². The number of likely N-dealkylation sites (N-methyl/N-ethyl adjacent to an activating group) is 1. The predicted molar refractivity (Wildman–Crippen MR) is 104 cm³/mol. The van der Waals surface area contributed by atoms with Crippen molar-refractivity contribution in [2.45, 2.75) is 48.9 Å². The largest absolute Gasteiger partial charge is 0.333 e. The van der Waals surface area contributed by atoms with Gasteiger partial charge in [0.15, 0.2) is 0 Å². The molecule has 0 saturated carbocycles. The number of quaternary nitrogens is 1. The average Bonchev–Trinajstić information content (AvgIpc) is 2.68. The number of piperazine rings is 1. The quantitative estimate of drug-likeness (QED) is 0.742. The van der Waals surface area contributed by atoms with Gasteiger partial charge in [0.25, 0.3) is 0 Å². The minimum Gasteiger partial charge on any atom is -0.333 e. The third kappa shape index (κ3) is 4.22. The molecule has 0 aromatic heterocycles. The molecule has 1 aromatic carbocycles. The summed E-state index contributed by atoms with van der Waals surface area (Å²) in [4.78, 5) is 1.72. The lowest BCUT2D eigenvalue weighted by Crippen LogP contribution is -3.14. The number of hydrogen-bond donors (Lipinski definition) is 1. The molecule has 1 atom stereocenters. The first kappa shape index (κ1) is 20.7. The van der Waals surface area contributed by atoms with Crippen molar-refractivity contribution in [3.05, 3.63) is 24.3 Å². The summed E-state index contributed by atoms with van der Waals surface area (Å²) in [5.41, 5.74) is 0. The lowest BCUT2D eigenvalue weighted by Gasteiger charge is -2.32. The van der Waals surface area contributed by atoms with E-state index in [-0.39, 0.29) is 15.8 Å². The highest BCUT2D eigenvalue weighted by Crippen LogP contribution is 2.26. The molecule has 2 aliphatic rings. The smallest absolute Gasteiger partial charge is 0.243 e. The molecular weight excluding hydrogens is 386 g/mol. The molecule has 0 spiro atoms. The summed E-state index contributed by atoms with van der Waals surface area (Å²) >= 11 is 0. The van der Waals surface area contributed by atoms with E-state index in [1.807, 2.05) is 6.92 Å². The van der Waals surface area contributed by atoms with E-state index in [0.717, 1.165) is 38.9 Å². The molecule has 2 saturated heterocycles. The van der Waals surface area contributed by atoms with Gasteiger partial charge in [0.05, 0.1) is 42.5 Å². The van der Waals surface area contributed by atoms with E-state index in [2.05, 4.69) is 6.92 Å². The van der Waals surface area contributed by atoms with Gasteiger partial charge < -0.3 is 4.90 Å². The predicted octanol–water partition coefficient (Wildman–Crippen LogP) is 0.159. The molecule has 9 heteroatoms. The van der Waals surface area contributed by atoms with E-state index in [1.165, 1.54) is 37.8 Å². The SMILES string of the molecule is CC[NH+]1CCN(S(=O)(=O)c2ccc(S(=O)(=O)N3CCCC[C@H]3C)cc2)CC1. The fraction of sp³-hybridized carbons (Fsp3) is 0.667. The van der Waals surface area contributed by atoms with Gasteiger partial charge in [-0.15, -0.1) is 0 Å². The van der Waals surface area contributed by atoms with Crippen LogP contribution in [0.2, 0.25) is 0 Å². The Morgan fingerprint density at radius 1 is 0.926 bits per heavy atom. The van der Waals surface area contributed by atoms with Crippen molar-refractivity contribution in [1.29, 1.82) is 0 Å². The molecule has 1 N–H and O–H groups in total. The molecule has 0 radical (unpaired) electrons. The van der Waals surface area contributed by atoms with Gasteiger partial charge in [0.2, 0.25) is 20.0 Å². The lowest BCUT2D eigenvalue weighted by molar-refractivity contribution is -0.901. The minimum absolute atomic E-state index is 0.0236. The van der Waals surface area contributed by atoms with Crippen LogP contribution in [0.25, 0.3) is 0 Å². The number of piperidine rings is 1. The molecule has 152 valence electrons. The Hall–Kier alpha value is -1.00. The van der Waals surface area contributed by atoms with Crippen LogP contribution >= 0.6 is 0 Å². The van der Waals surface area contributed by atoms with Crippen molar-refractivity contribution in [3.8, 4) is 0 Å². The minimum atomic E-state index is -3.59. The number of benzene rings is 1. The maximum absolute atomic E-state index is 12.9. The number of nitrogens with one attached hydrogen (secondary N) is 1. The van der Waals surface area contributed by atoms with Crippen LogP contribution in [0, 0.1) is 0 Å². The Bertz CT molecular complexity index is 845. The molecule has 2 heterocycles. The molecule has 0 bridgehead atoms. The highest BCUT2D eigenvalue weighted by molar-refractivity contribution is 7.89. The van der Waals surface area contributed by atoms with E-state index in [0.29, 0.717) is 19.6 Å². The van der Waals surface area contributed by atoms with Crippen LogP contribution in [0.1, 0.15) is 33.1 Å². The second-order valence-electron chi connectivity index (χ2n) is 7.44. The van der Waals surface area contributed by atoms with E-state index >= 15 is 0 Å². The number of nitrogens with zero attached hydrogens (tertiary/aromatic N) is 2. The Balaban J connectivity index is 1.78. The van der Waals surface area contributed by atoms with Crippen molar-refractivity contribution in [3.63, 3.8) is 0 Å². The Morgan fingerprint density at radius 3 is 2.00 bits per heavy atom. The van der Waals surface area contributed by atoms with E-state index in [4.69, 9.17) is 0 Å². The Morgan fingerprint density at radius 2 is 1.48 bits per heavy atom. The maximum atomic E-state index is 12.9. The third-order valence-electron chi connectivity index (χ3n) is 5.74. The third-order valence-corrected chi connectivity index (χ3v) is 9.68. The number of rotatable bonds is 5. The first-order valence-electron chi connectivity index (χ1n) is 9.72. The zero-order valence-corrected chi connectivity index (χ0v) is 17.7. The highest BCUT2D eigenvalue weighted by Gasteiger charge is 2.33. The number of sulfonamides is 2. The highest BCUT2D eigenvalue weighted by atomic mass is 32.2. The molecule has 0 amide bonds. The first-order chi connectivity index (χ1) is 12.8. The molecule has 2 fully saturated rings. The second-order valence-corrected chi connectivity index (χ2v) is 11.3. The number of hydrogen-bond acceptors (Lipinski definition) is 4. The van der Waals surface area contributed by atoms with Gasteiger partial charge in [0, 0.05) is 12.6 Å². The van der Waals surface area contributed by atoms with Gasteiger partial charge in [-0.25, -0.2) is 16.8 Å². The van der Waals surface area contributed by atoms with Crippen LogP contribution in [-0.4, -0.2) is 70.8 Å². The fourth-order valence-corrected chi connectivity index (χ4v) is 7.03. The molecule has 1 aromatic rings. The van der Waals surface area contributed by atoms with Crippen LogP contribution in [-0.2, 0) is 20.0 Å². The molecular formula is C18H30N3O4S2+. The normalized spacial score (nSPS) is 24.1. The van der Waals surface area contributed by atoms with Gasteiger partial charge in [-0.2, -0.15) is 8.61 Å². The van der Waals surface area contributed by atoms with Gasteiger partial charge in [-0.3, -0.25) is 0 Å². The van der Waals surface area contributed by atoms with Crippen molar-refractivity contribution in [2.24, 2.45) is 0 Å². The molecule has 3 rings (SSSR count). The summed E-state index contributed by atoms with van der Waals surface area (Å²) in [6, 6.07) is 5.68. The summed E-state index contributed by atoms with van der Waals surface area (Å²) in [7, 11) is -7.17. The lowest BCUT2D eigenvalue weighted by atomic mass is 10.1. The van der Waals surface area contributed by atoms with E-state index in [1.54, 1.807) is 0 Å². The van der Waals surface area contributed by atoms with E-state index < -0.39 is 20.0 Å². The van der Waals surface area contributed by atoms with Crippen LogP contribution in [0.5, 0.6) is 0 Å². The van der Waals surface area contributed by atoms with Crippen LogP contribution in [0.4, 0.5) is 0 Å². The molecule has 7 nitrogen and oxygen atoms in total. The molecule has 0 aliphatic carbocycles. The standard InChI is InChI=1S/C18H29N3O4S2/c1-3-19-12-14-20(15-13-19)26(22,23)17-7-9-18(10-8-17)27(24,25)21-11-5-4-6-16(21)2/h7-10,16H,3-6,11-15H2,1-2H3/p+1/t16-/m1/s1. The molecule has 2 aliphatic heterocycles. The fourth-order valence-electron chi connectivity index (χ4n) is 3.89. The van der Waals surface area contributed by atoms with Crippen LogP contribution in [0.15, 0.2) is 34.1 Å². The summed E-state index contributed by atoms with van der Waals surface area (Å²) < 4.78 is 54.5. The molecule has 0 unspecified atom stereocenters. The Labute approximate surface area is 163 Å². The summed E-state index contributed by atoms with van der Waals surface area (Å²) in [6.45, 7) is 8.13. The first-order valence-corrected chi connectivity index (χ1v) is 12.6. The summed E-state index contributed by atoms with van der Waals surface area (Å²) in [5, 5.41) is 0.